The third kappa shape index (κ3) is 6.94. The SMILES string of the molecule is CCOCCC(=O)Nc1cccc(CNC(C)C)c1. The molecule has 1 aromatic carbocycles. The fraction of sp³-hybridized carbons (Fsp3) is 0.533. The highest BCUT2D eigenvalue weighted by Crippen LogP contribution is 2.11. The van der Waals surface area contributed by atoms with Crippen LogP contribution in [0.1, 0.15) is 32.8 Å². The second kappa shape index (κ2) is 8.67. The Bertz CT molecular complexity index is 391. The lowest BCUT2D eigenvalue weighted by atomic mass is 10.2. The maximum atomic E-state index is 11.7. The molecule has 1 rings (SSSR count). The van der Waals surface area contributed by atoms with Crippen molar-refractivity contribution in [2.75, 3.05) is 18.5 Å². The van der Waals surface area contributed by atoms with Gasteiger partial charge >= 0.3 is 0 Å². The molecule has 106 valence electrons. The van der Waals surface area contributed by atoms with Gasteiger partial charge in [0.25, 0.3) is 0 Å². The standard InChI is InChI=1S/C15H24N2O2/c1-4-19-9-8-15(18)17-14-7-5-6-13(10-14)11-16-12(2)3/h5-7,10,12,16H,4,8-9,11H2,1-3H3,(H,17,18). The molecule has 0 saturated carbocycles. The van der Waals surface area contributed by atoms with E-state index in [4.69, 9.17) is 4.74 Å². The summed E-state index contributed by atoms with van der Waals surface area (Å²) in [4.78, 5) is 11.7. The lowest BCUT2D eigenvalue weighted by Gasteiger charge is -2.10. The molecule has 0 fully saturated rings. The van der Waals surface area contributed by atoms with E-state index in [0.717, 1.165) is 17.8 Å². The molecule has 4 heteroatoms. The van der Waals surface area contributed by atoms with E-state index in [-0.39, 0.29) is 5.91 Å². The molecular weight excluding hydrogens is 240 g/mol. The van der Waals surface area contributed by atoms with Crippen LogP contribution in [-0.2, 0) is 16.1 Å². The minimum Gasteiger partial charge on any atom is -0.381 e. The molecule has 4 nitrogen and oxygen atoms in total. The first-order valence-electron chi connectivity index (χ1n) is 6.81. The van der Waals surface area contributed by atoms with Crippen molar-refractivity contribution < 1.29 is 9.53 Å². The third-order valence-corrected chi connectivity index (χ3v) is 2.60. The fourth-order valence-corrected chi connectivity index (χ4v) is 1.61. The molecule has 19 heavy (non-hydrogen) atoms. The number of anilines is 1. The third-order valence-electron chi connectivity index (χ3n) is 2.60. The summed E-state index contributed by atoms with van der Waals surface area (Å²) < 4.78 is 5.16. The summed E-state index contributed by atoms with van der Waals surface area (Å²) in [6.45, 7) is 8.06. The van der Waals surface area contributed by atoms with Gasteiger partial charge < -0.3 is 15.4 Å². The van der Waals surface area contributed by atoms with Crippen LogP contribution in [0.2, 0.25) is 0 Å². The van der Waals surface area contributed by atoms with Crippen molar-refractivity contribution in [3.8, 4) is 0 Å². The Morgan fingerprint density at radius 3 is 2.84 bits per heavy atom. The van der Waals surface area contributed by atoms with Gasteiger partial charge in [-0.1, -0.05) is 26.0 Å². The van der Waals surface area contributed by atoms with Crippen molar-refractivity contribution in [1.29, 1.82) is 0 Å². The normalized spacial score (nSPS) is 10.7. The Morgan fingerprint density at radius 1 is 1.37 bits per heavy atom. The second-order valence-electron chi connectivity index (χ2n) is 4.73. The van der Waals surface area contributed by atoms with E-state index in [2.05, 4.69) is 24.5 Å². The summed E-state index contributed by atoms with van der Waals surface area (Å²) in [7, 11) is 0. The monoisotopic (exact) mass is 264 g/mol. The zero-order chi connectivity index (χ0) is 14.1. The molecule has 0 bridgehead atoms. The van der Waals surface area contributed by atoms with Crippen LogP contribution in [0.15, 0.2) is 24.3 Å². The number of hydrogen-bond donors (Lipinski definition) is 2. The van der Waals surface area contributed by atoms with Crippen molar-refractivity contribution in [1.82, 2.24) is 5.32 Å². The summed E-state index contributed by atoms with van der Waals surface area (Å²) in [5.74, 6) is -0.0116. The largest absolute Gasteiger partial charge is 0.381 e. The molecule has 0 spiro atoms. The number of benzene rings is 1. The Hall–Kier alpha value is -1.39. The van der Waals surface area contributed by atoms with Gasteiger partial charge in [-0.25, -0.2) is 0 Å². The predicted molar refractivity (Wildman–Crippen MR) is 78.2 cm³/mol. The van der Waals surface area contributed by atoms with Crippen LogP contribution >= 0.6 is 0 Å². The number of nitrogens with one attached hydrogen (secondary N) is 2. The van der Waals surface area contributed by atoms with Gasteiger partial charge in [-0.15, -0.1) is 0 Å². The van der Waals surface area contributed by atoms with Gasteiger partial charge in [-0.3, -0.25) is 4.79 Å². The van der Waals surface area contributed by atoms with E-state index in [0.29, 0.717) is 25.7 Å². The first-order valence-corrected chi connectivity index (χ1v) is 6.81. The minimum atomic E-state index is -0.0116. The van der Waals surface area contributed by atoms with Crippen LogP contribution in [0.5, 0.6) is 0 Å². The van der Waals surface area contributed by atoms with Crippen molar-refractivity contribution in [2.24, 2.45) is 0 Å². The molecule has 2 N–H and O–H groups in total. The van der Waals surface area contributed by atoms with E-state index in [9.17, 15) is 4.79 Å². The van der Waals surface area contributed by atoms with Crippen LogP contribution < -0.4 is 10.6 Å². The van der Waals surface area contributed by atoms with E-state index in [1.165, 1.54) is 0 Å². The van der Waals surface area contributed by atoms with Gasteiger partial charge in [0.1, 0.15) is 0 Å². The van der Waals surface area contributed by atoms with Gasteiger partial charge in [0, 0.05) is 24.9 Å². The Labute approximate surface area is 115 Å². The summed E-state index contributed by atoms with van der Waals surface area (Å²) >= 11 is 0. The van der Waals surface area contributed by atoms with E-state index in [1.807, 2.05) is 31.2 Å². The Balaban J connectivity index is 2.45. The van der Waals surface area contributed by atoms with Gasteiger partial charge in [-0.2, -0.15) is 0 Å². The van der Waals surface area contributed by atoms with E-state index in [1.54, 1.807) is 0 Å². The fourth-order valence-electron chi connectivity index (χ4n) is 1.61. The number of carbonyl (C=O) groups is 1. The van der Waals surface area contributed by atoms with Crippen molar-refractivity contribution in [3.05, 3.63) is 29.8 Å². The highest BCUT2D eigenvalue weighted by Gasteiger charge is 2.03. The quantitative estimate of drug-likeness (QED) is 0.709. The molecular formula is C15H24N2O2. The number of amides is 1. The molecule has 0 aliphatic carbocycles. The smallest absolute Gasteiger partial charge is 0.226 e. The first kappa shape index (κ1) is 15.7. The lowest BCUT2D eigenvalue weighted by Crippen LogP contribution is -2.22. The van der Waals surface area contributed by atoms with E-state index >= 15 is 0 Å². The Kier molecular flexibility index (Phi) is 7.15. The molecule has 0 atom stereocenters. The highest BCUT2D eigenvalue weighted by molar-refractivity contribution is 5.90. The maximum Gasteiger partial charge on any atom is 0.226 e. The van der Waals surface area contributed by atoms with Crippen LogP contribution in [0.25, 0.3) is 0 Å². The molecule has 0 aromatic heterocycles. The lowest BCUT2D eigenvalue weighted by molar-refractivity contribution is -0.117. The number of rotatable bonds is 8. The topological polar surface area (TPSA) is 50.4 Å². The van der Waals surface area contributed by atoms with Crippen molar-refractivity contribution >= 4 is 11.6 Å². The van der Waals surface area contributed by atoms with Crippen LogP contribution in [0.4, 0.5) is 5.69 Å². The number of hydrogen-bond acceptors (Lipinski definition) is 3. The number of ether oxygens (including phenoxy) is 1. The summed E-state index contributed by atoms with van der Waals surface area (Å²) in [6.07, 6.45) is 0.391. The van der Waals surface area contributed by atoms with Crippen LogP contribution in [0.3, 0.4) is 0 Å². The molecule has 0 heterocycles. The molecule has 0 saturated heterocycles. The molecule has 0 unspecified atom stereocenters. The van der Waals surface area contributed by atoms with Gasteiger partial charge in [0.15, 0.2) is 0 Å². The first-order chi connectivity index (χ1) is 9.11. The number of carbonyl (C=O) groups excluding carboxylic acids is 1. The average molecular weight is 264 g/mol. The van der Waals surface area contributed by atoms with Gasteiger partial charge in [0.05, 0.1) is 13.0 Å². The molecule has 0 radical (unpaired) electrons. The zero-order valence-corrected chi connectivity index (χ0v) is 12.0. The molecule has 0 aliphatic rings. The minimum absolute atomic E-state index is 0.0116. The van der Waals surface area contributed by atoms with Crippen LogP contribution in [0, 0.1) is 0 Å². The molecule has 0 aliphatic heterocycles. The predicted octanol–water partition coefficient (Wildman–Crippen LogP) is 2.55. The summed E-state index contributed by atoms with van der Waals surface area (Å²) in [6, 6.07) is 8.34. The average Bonchev–Trinajstić information content (AvgIpc) is 2.37. The van der Waals surface area contributed by atoms with Crippen molar-refractivity contribution in [2.45, 2.75) is 39.8 Å². The van der Waals surface area contributed by atoms with Crippen LogP contribution in [-0.4, -0.2) is 25.2 Å². The molecule has 1 amide bonds. The van der Waals surface area contributed by atoms with Gasteiger partial charge in [0.2, 0.25) is 5.91 Å². The summed E-state index contributed by atoms with van der Waals surface area (Å²) in [5.41, 5.74) is 2.00. The van der Waals surface area contributed by atoms with Crippen molar-refractivity contribution in [3.63, 3.8) is 0 Å². The van der Waals surface area contributed by atoms with E-state index < -0.39 is 0 Å². The second-order valence-corrected chi connectivity index (χ2v) is 4.73. The highest BCUT2D eigenvalue weighted by atomic mass is 16.5. The molecule has 1 aromatic rings. The van der Waals surface area contributed by atoms with Gasteiger partial charge in [-0.05, 0) is 24.6 Å². The summed E-state index contributed by atoms with van der Waals surface area (Å²) in [5, 5.41) is 6.23. The Morgan fingerprint density at radius 2 is 2.16 bits per heavy atom. The maximum absolute atomic E-state index is 11.7. The zero-order valence-electron chi connectivity index (χ0n) is 12.0.